The highest BCUT2D eigenvalue weighted by molar-refractivity contribution is 5.80. The third-order valence-corrected chi connectivity index (χ3v) is 3.24. The number of rotatable bonds is 5. The molecule has 2 aromatic rings. The summed E-state index contributed by atoms with van der Waals surface area (Å²) in [4.78, 5) is 23.7. The van der Waals surface area contributed by atoms with Gasteiger partial charge in [0.1, 0.15) is 6.54 Å². The molecule has 0 saturated carbocycles. The lowest BCUT2D eigenvalue weighted by Crippen LogP contribution is -2.36. The zero-order valence-electron chi connectivity index (χ0n) is 11.5. The van der Waals surface area contributed by atoms with Gasteiger partial charge in [-0.2, -0.15) is 0 Å². The molecule has 0 aliphatic heterocycles. The maximum Gasteiger partial charge on any atom is 0.420 e. The van der Waals surface area contributed by atoms with Gasteiger partial charge in [0.05, 0.1) is 12.1 Å². The van der Waals surface area contributed by atoms with Crippen molar-refractivity contribution < 1.29 is 14.3 Å². The quantitative estimate of drug-likeness (QED) is 0.854. The first-order valence-corrected chi connectivity index (χ1v) is 6.57. The molecule has 20 heavy (non-hydrogen) atoms. The number of amides is 1. The van der Waals surface area contributed by atoms with Crippen LogP contribution < -0.4 is 11.1 Å². The molecule has 0 fully saturated rings. The van der Waals surface area contributed by atoms with Gasteiger partial charge in [-0.05, 0) is 31.0 Å². The summed E-state index contributed by atoms with van der Waals surface area (Å²) in [5, 5.41) is 11.9. The summed E-state index contributed by atoms with van der Waals surface area (Å²) in [7, 11) is 0. The van der Waals surface area contributed by atoms with E-state index in [9.17, 15) is 9.59 Å². The highest BCUT2D eigenvalue weighted by Gasteiger charge is 2.14. The van der Waals surface area contributed by atoms with Crippen LogP contribution in [0.4, 0.5) is 0 Å². The number of nitrogens with one attached hydrogen (secondary N) is 1. The lowest BCUT2D eigenvalue weighted by atomic mass is 10.2. The van der Waals surface area contributed by atoms with Crippen molar-refractivity contribution in [3.05, 3.63) is 34.3 Å². The molecule has 0 aliphatic rings. The number of fused-ring (bicyclic) bond motifs is 1. The molecule has 0 spiro atoms. The van der Waals surface area contributed by atoms with Crippen LogP contribution in [0.5, 0.6) is 0 Å². The van der Waals surface area contributed by atoms with Gasteiger partial charge in [-0.25, -0.2) is 4.79 Å². The molecule has 1 heterocycles. The van der Waals surface area contributed by atoms with E-state index in [1.54, 1.807) is 18.2 Å². The SMILES string of the molecule is CCC(C)NC(=O)Cn1c(=O)oc2ccc(CO)cc21. The molecule has 108 valence electrons. The van der Waals surface area contributed by atoms with Crippen molar-refractivity contribution in [3.63, 3.8) is 0 Å². The second kappa shape index (κ2) is 5.92. The van der Waals surface area contributed by atoms with Gasteiger partial charge < -0.3 is 14.8 Å². The van der Waals surface area contributed by atoms with Crippen LogP contribution in [0.1, 0.15) is 25.8 Å². The molecule has 1 atom stereocenters. The number of hydrogen-bond donors (Lipinski definition) is 2. The monoisotopic (exact) mass is 278 g/mol. The maximum atomic E-state index is 11.9. The zero-order chi connectivity index (χ0) is 14.7. The normalized spacial score (nSPS) is 12.6. The predicted octanol–water partition coefficient (Wildman–Crippen LogP) is 1.00. The number of carbonyl (C=O) groups is 1. The first kappa shape index (κ1) is 14.3. The minimum atomic E-state index is -0.575. The Morgan fingerprint density at radius 3 is 2.90 bits per heavy atom. The van der Waals surface area contributed by atoms with Gasteiger partial charge in [-0.3, -0.25) is 9.36 Å². The largest absolute Gasteiger partial charge is 0.420 e. The van der Waals surface area contributed by atoms with E-state index in [1.807, 2.05) is 13.8 Å². The van der Waals surface area contributed by atoms with E-state index in [-0.39, 0.29) is 25.1 Å². The number of benzene rings is 1. The average molecular weight is 278 g/mol. The second-order valence-corrected chi connectivity index (χ2v) is 4.79. The number of oxazole rings is 1. The summed E-state index contributed by atoms with van der Waals surface area (Å²) in [6.07, 6.45) is 0.821. The molecule has 0 radical (unpaired) electrons. The van der Waals surface area contributed by atoms with E-state index in [4.69, 9.17) is 9.52 Å². The molecule has 1 unspecified atom stereocenters. The molecule has 2 N–H and O–H groups in total. The zero-order valence-corrected chi connectivity index (χ0v) is 11.5. The molecule has 6 heteroatoms. The van der Waals surface area contributed by atoms with E-state index >= 15 is 0 Å². The van der Waals surface area contributed by atoms with Crippen molar-refractivity contribution in [2.24, 2.45) is 0 Å². The van der Waals surface area contributed by atoms with Gasteiger partial charge in [-0.1, -0.05) is 13.0 Å². The minimum absolute atomic E-state index is 0.0596. The van der Waals surface area contributed by atoms with E-state index < -0.39 is 5.76 Å². The summed E-state index contributed by atoms with van der Waals surface area (Å²) in [5.74, 6) is -0.812. The van der Waals surface area contributed by atoms with Gasteiger partial charge >= 0.3 is 5.76 Å². The third kappa shape index (κ3) is 2.91. The van der Waals surface area contributed by atoms with Crippen molar-refractivity contribution in [2.75, 3.05) is 0 Å². The van der Waals surface area contributed by atoms with E-state index in [0.29, 0.717) is 16.7 Å². The van der Waals surface area contributed by atoms with Gasteiger partial charge in [-0.15, -0.1) is 0 Å². The predicted molar refractivity (Wildman–Crippen MR) is 74.3 cm³/mol. The number of aliphatic hydroxyl groups is 1. The topological polar surface area (TPSA) is 84.5 Å². The van der Waals surface area contributed by atoms with Crippen LogP contribution in [0.3, 0.4) is 0 Å². The number of aliphatic hydroxyl groups excluding tert-OH is 1. The molecule has 2 rings (SSSR count). The van der Waals surface area contributed by atoms with Crippen LogP contribution in [-0.4, -0.2) is 21.6 Å². The smallest absolute Gasteiger partial charge is 0.408 e. The summed E-state index contributed by atoms with van der Waals surface area (Å²) < 4.78 is 6.35. The Hall–Kier alpha value is -2.08. The minimum Gasteiger partial charge on any atom is -0.408 e. The lowest BCUT2D eigenvalue weighted by Gasteiger charge is -2.11. The standard InChI is InChI=1S/C14H18N2O4/c1-3-9(2)15-13(18)7-16-11-6-10(8-17)4-5-12(11)20-14(16)19/h4-6,9,17H,3,7-8H2,1-2H3,(H,15,18). The fourth-order valence-corrected chi connectivity index (χ4v) is 1.92. The Morgan fingerprint density at radius 1 is 1.50 bits per heavy atom. The lowest BCUT2D eigenvalue weighted by molar-refractivity contribution is -0.122. The molecule has 6 nitrogen and oxygen atoms in total. The Labute approximate surface area is 116 Å². The molecule has 0 saturated heterocycles. The van der Waals surface area contributed by atoms with Crippen LogP contribution >= 0.6 is 0 Å². The fraction of sp³-hybridized carbons (Fsp3) is 0.429. The van der Waals surface area contributed by atoms with Crippen LogP contribution in [-0.2, 0) is 17.9 Å². The number of hydrogen-bond acceptors (Lipinski definition) is 4. The summed E-state index contributed by atoms with van der Waals surface area (Å²) in [6, 6.07) is 5.00. The van der Waals surface area contributed by atoms with Crippen molar-refractivity contribution >= 4 is 17.0 Å². The first-order chi connectivity index (χ1) is 9.55. The molecular weight excluding hydrogens is 260 g/mol. The average Bonchev–Trinajstić information content (AvgIpc) is 2.74. The van der Waals surface area contributed by atoms with Gasteiger partial charge in [0.25, 0.3) is 0 Å². The Balaban J connectivity index is 2.31. The van der Waals surface area contributed by atoms with Crippen molar-refractivity contribution in [3.8, 4) is 0 Å². The van der Waals surface area contributed by atoms with Crippen molar-refractivity contribution in [1.82, 2.24) is 9.88 Å². The van der Waals surface area contributed by atoms with Crippen LogP contribution in [0, 0.1) is 0 Å². The molecule has 0 aliphatic carbocycles. The van der Waals surface area contributed by atoms with Crippen molar-refractivity contribution in [1.29, 1.82) is 0 Å². The summed E-state index contributed by atoms with van der Waals surface area (Å²) in [5.41, 5.74) is 1.58. The molecule has 1 aromatic carbocycles. The Kier molecular flexibility index (Phi) is 4.24. The maximum absolute atomic E-state index is 11.9. The highest BCUT2D eigenvalue weighted by atomic mass is 16.4. The van der Waals surface area contributed by atoms with E-state index in [0.717, 1.165) is 6.42 Å². The third-order valence-electron chi connectivity index (χ3n) is 3.24. The summed E-state index contributed by atoms with van der Waals surface area (Å²) in [6.45, 7) is 3.65. The Bertz CT molecular complexity index is 671. The van der Waals surface area contributed by atoms with Crippen LogP contribution in [0.15, 0.2) is 27.4 Å². The summed E-state index contributed by atoms with van der Waals surface area (Å²) >= 11 is 0. The molecule has 0 bridgehead atoms. The highest BCUT2D eigenvalue weighted by Crippen LogP contribution is 2.15. The number of nitrogens with zero attached hydrogens (tertiary/aromatic N) is 1. The van der Waals surface area contributed by atoms with E-state index in [2.05, 4.69) is 5.32 Å². The molecular formula is C14H18N2O4. The van der Waals surface area contributed by atoms with Crippen LogP contribution in [0.2, 0.25) is 0 Å². The van der Waals surface area contributed by atoms with Crippen LogP contribution in [0.25, 0.3) is 11.1 Å². The van der Waals surface area contributed by atoms with Gasteiger partial charge in [0.2, 0.25) is 5.91 Å². The number of aromatic nitrogens is 1. The van der Waals surface area contributed by atoms with Gasteiger partial charge in [0, 0.05) is 6.04 Å². The second-order valence-electron chi connectivity index (χ2n) is 4.79. The first-order valence-electron chi connectivity index (χ1n) is 6.57. The Morgan fingerprint density at radius 2 is 2.25 bits per heavy atom. The molecule has 1 amide bonds. The number of carbonyl (C=O) groups excluding carboxylic acids is 1. The van der Waals surface area contributed by atoms with E-state index in [1.165, 1.54) is 4.57 Å². The van der Waals surface area contributed by atoms with Gasteiger partial charge in [0.15, 0.2) is 5.58 Å². The molecule has 1 aromatic heterocycles. The van der Waals surface area contributed by atoms with Crippen molar-refractivity contribution in [2.45, 2.75) is 39.5 Å². The fourth-order valence-electron chi connectivity index (χ4n) is 1.92.